The average Bonchev–Trinajstić information content (AvgIpc) is 2.73. The Hall–Kier alpha value is -1.16. The van der Waals surface area contributed by atoms with Crippen molar-refractivity contribution in [2.45, 2.75) is 33.1 Å². The summed E-state index contributed by atoms with van der Waals surface area (Å²) in [6.07, 6.45) is 2.79. The molecule has 2 heterocycles. The highest BCUT2D eigenvalue weighted by Crippen LogP contribution is 2.35. The van der Waals surface area contributed by atoms with Crippen LogP contribution in [0.1, 0.15) is 50.7 Å². The van der Waals surface area contributed by atoms with Crippen LogP contribution in [0, 0.1) is 0 Å². The van der Waals surface area contributed by atoms with E-state index in [1.54, 1.807) is 7.05 Å². The lowest BCUT2D eigenvalue weighted by atomic mass is 10.0. The van der Waals surface area contributed by atoms with Crippen LogP contribution in [0.3, 0.4) is 0 Å². The topological polar surface area (TPSA) is 37.4 Å². The standard InChI is InChI=1S/C12H15NO2S/c1-4-6-7-8(5-2)16-10-9(7)11(14)13(3)12(10)15/h4-6H2,1-3H3. The van der Waals surface area contributed by atoms with E-state index in [-0.39, 0.29) is 11.8 Å². The van der Waals surface area contributed by atoms with Crippen molar-refractivity contribution < 1.29 is 9.59 Å². The monoisotopic (exact) mass is 237 g/mol. The normalized spacial score (nSPS) is 14.8. The largest absolute Gasteiger partial charge is 0.277 e. The van der Waals surface area contributed by atoms with Gasteiger partial charge in [0.2, 0.25) is 0 Å². The predicted molar refractivity (Wildman–Crippen MR) is 64.1 cm³/mol. The molecule has 0 N–H and O–H groups in total. The quantitative estimate of drug-likeness (QED) is 0.757. The minimum absolute atomic E-state index is 0.126. The van der Waals surface area contributed by atoms with Gasteiger partial charge in [-0.15, -0.1) is 11.3 Å². The highest BCUT2D eigenvalue weighted by Gasteiger charge is 2.37. The van der Waals surface area contributed by atoms with Crippen LogP contribution in [-0.2, 0) is 12.8 Å². The Bertz CT molecular complexity index is 462. The first-order valence-corrected chi connectivity index (χ1v) is 6.40. The number of thiophene rings is 1. The fourth-order valence-corrected chi connectivity index (χ4v) is 3.36. The molecule has 1 aliphatic heterocycles. The molecular formula is C12H15NO2S. The Kier molecular flexibility index (Phi) is 2.84. The summed E-state index contributed by atoms with van der Waals surface area (Å²) in [6, 6.07) is 0. The van der Waals surface area contributed by atoms with E-state index in [0.717, 1.165) is 24.8 Å². The number of fused-ring (bicyclic) bond motifs is 1. The van der Waals surface area contributed by atoms with Crippen molar-refractivity contribution in [2.24, 2.45) is 0 Å². The first kappa shape index (κ1) is 11.3. The van der Waals surface area contributed by atoms with Crippen LogP contribution < -0.4 is 0 Å². The van der Waals surface area contributed by atoms with Gasteiger partial charge in [0, 0.05) is 11.9 Å². The zero-order chi connectivity index (χ0) is 11.9. The lowest BCUT2D eigenvalue weighted by molar-refractivity contribution is 0.0694. The molecule has 0 atom stereocenters. The molecule has 0 bridgehead atoms. The molecule has 16 heavy (non-hydrogen) atoms. The molecule has 0 saturated heterocycles. The van der Waals surface area contributed by atoms with Gasteiger partial charge in [0.15, 0.2) is 0 Å². The molecule has 86 valence electrons. The predicted octanol–water partition coefficient (Wildman–Crippen LogP) is 2.49. The number of rotatable bonds is 3. The Morgan fingerprint density at radius 2 is 1.88 bits per heavy atom. The summed E-state index contributed by atoms with van der Waals surface area (Å²) in [4.78, 5) is 26.8. The molecular weight excluding hydrogens is 222 g/mol. The Morgan fingerprint density at radius 1 is 1.19 bits per heavy atom. The van der Waals surface area contributed by atoms with Crippen LogP contribution in [0.2, 0.25) is 0 Å². The van der Waals surface area contributed by atoms with Gasteiger partial charge in [0.05, 0.1) is 5.56 Å². The maximum Gasteiger partial charge on any atom is 0.271 e. The van der Waals surface area contributed by atoms with Gasteiger partial charge in [0.25, 0.3) is 11.8 Å². The molecule has 1 aromatic rings. The van der Waals surface area contributed by atoms with Crippen molar-refractivity contribution in [1.82, 2.24) is 4.90 Å². The van der Waals surface area contributed by atoms with Gasteiger partial charge >= 0.3 is 0 Å². The number of aryl methyl sites for hydroxylation is 1. The SMILES string of the molecule is CCCc1c(CC)sc2c1C(=O)N(C)C2=O. The second-order valence-corrected chi connectivity index (χ2v) is 5.09. The Labute approximate surface area is 99.1 Å². The van der Waals surface area contributed by atoms with Crippen molar-refractivity contribution in [1.29, 1.82) is 0 Å². The molecule has 0 fully saturated rings. The third kappa shape index (κ3) is 1.40. The second-order valence-electron chi connectivity index (χ2n) is 3.98. The zero-order valence-corrected chi connectivity index (χ0v) is 10.6. The number of hydrogen-bond donors (Lipinski definition) is 0. The molecule has 2 rings (SSSR count). The molecule has 4 heteroatoms. The summed E-state index contributed by atoms with van der Waals surface area (Å²) in [5, 5.41) is 0. The molecule has 0 radical (unpaired) electrons. The fourth-order valence-electron chi connectivity index (χ4n) is 2.10. The average molecular weight is 237 g/mol. The van der Waals surface area contributed by atoms with Gasteiger partial charge in [-0.05, 0) is 18.4 Å². The zero-order valence-electron chi connectivity index (χ0n) is 9.79. The number of amides is 2. The molecule has 0 aliphatic carbocycles. The van der Waals surface area contributed by atoms with E-state index >= 15 is 0 Å². The number of hydrogen-bond acceptors (Lipinski definition) is 3. The number of carbonyl (C=O) groups excluding carboxylic acids is 2. The summed E-state index contributed by atoms with van der Waals surface area (Å²) in [5.41, 5.74) is 1.78. The van der Waals surface area contributed by atoms with Gasteiger partial charge in [-0.1, -0.05) is 20.3 Å². The summed E-state index contributed by atoms with van der Waals surface area (Å²) < 4.78 is 0. The molecule has 1 aromatic heterocycles. The number of imide groups is 1. The molecule has 0 spiro atoms. The third-order valence-corrected chi connectivity index (χ3v) is 4.29. The first-order chi connectivity index (χ1) is 7.61. The van der Waals surface area contributed by atoms with E-state index in [9.17, 15) is 9.59 Å². The second kappa shape index (κ2) is 4.01. The lowest BCUT2D eigenvalue weighted by Gasteiger charge is -2.07. The minimum atomic E-state index is -0.137. The van der Waals surface area contributed by atoms with Gasteiger partial charge in [-0.3, -0.25) is 14.5 Å². The van der Waals surface area contributed by atoms with Crippen molar-refractivity contribution in [2.75, 3.05) is 7.05 Å². The summed E-state index contributed by atoms with van der Waals surface area (Å²) >= 11 is 1.49. The summed E-state index contributed by atoms with van der Waals surface area (Å²) in [6.45, 7) is 4.16. The highest BCUT2D eigenvalue weighted by molar-refractivity contribution is 7.15. The highest BCUT2D eigenvalue weighted by atomic mass is 32.1. The lowest BCUT2D eigenvalue weighted by Crippen LogP contribution is -2.25. The van der Waals surface area contributed by atoms with Crippen molar-refractivity contribution in [3.05, 3.63) is 20.9 Å². The Balaban J connectivity index is 2.58. The third-order valence-electron chi connectivity index (χ3n) is 2.93. The van der Waals surface area contributed by atoms with E-state index < -0.39 is 0 Å². The van der Waals surface area contributed by atoms with E-state index in [1.807, 2.05) is 0 Å². The molecule has 0 aromatic carbocycles. The fraction of sp³-hybridized carbons (Fsp3) is 0.500. The maximum atomic E-state index is 11.9. The molecule has 1 aliphatic rings. The van der Waals surface area contributed by atoms with Crippen LogP contribution in [0.15, 0.2) is 0 Å². The molecule has 0 unspecified atom stereocenters. The Morgan fingerprint density at radius 3 is 2.44 bits per heavy atom. The van der Waals surface area contributed by atoms with Crippen molar-refractivity contribution in [3.8, 4) is 0 Å². The molecule has 3 nitrogen and oxygen atoms in total. The van der Waals surface area contributed by atoms with Crippen molar-refractivity contribution >= 4 is 23.2 Å². The van der Waals surface area contributed by atoms with E-state index in [4.69, 9.17) is 0 Å². The summed E-state index contributed by atoms with van der Waals surface area (Å²) in [7, 11) is 1.55. The van der Waals surface area contributed by atoms with Crippen LogP contribution in [0.5, 0.6) is 0 Å². The van der Waals surface area contributed by atoms with Gasteiger partial charge < -0.3 is 0 Å². The number of carbonyl (C=O) groups is 2. The van der Waals surface area contributed by atoms with Crippen LogP contribution in [0.25, 0.3) is 0 Å². The van der Waals surface area contributed by atoms with Crippen molar-refractivity contribution in [3.63, 3.8) is 0 Å². The smallest absolute Gasteiger partial charge is 0.271 e. The van der Waals surface area contributed by atoms with Crippen LogP contribution in [-0.4, -0.2) is 23.8 Å². The first-order valence-electron chi connectivity index (χ1n) is 5.58. The molecule has 0 saturated carbocycles. The van der Waals surface area contributed by atoms with Gasteiger partial charge in [-0.25, -0.2) is 0 Å². The van der Waals surface area contributed by atoms with E-state index in [1.165, 1.54) is 21.1 Å². The van der Waals surface area contributed by atoms with Gasteiger partial charge in [-0.2, -0.15) is 0 Å². The number of nitrogens with zero attached hydrogens (tertiary/aromatic N) is 1. The summed E-state index contributed by atoms with van der Waals surface area (Å²) in [5.74, 6) is -0.263. The minimum Gasteiger partial charge on any atom is -0.277 e. The van der Waals surface area contributed by atoms with E-state index in [2.05, 4.69) is 13.8 Å². The maximum absolute atomic E-state index is 11.9. The van der Waals surface area contributed by atoms with Gasteiger partial charge in [0.1, 0.15) is 4.88 Å². The molecule has 2 amide bonds. The van der Waals surface area contributed by atoms with Crippen LogP contribution in [0.4, 0.5) is 0 Å². The van der Waals surface area contributed by atoms with E-state index in [0.29, 0.717) is 10.4 Å². The van der Waals surface area contributed by atoms with Crippen LogP contribution >= 0.6 is 11.3 Å².